The summed E-state index contributed by atoms with van der Waals surface area (Å²) < 4.78 is 86.9. The Morgan fingerprint density at radius 3 is 1.80 bits per heavy atom. The molecule has 0 saturated carbocycles. The second kappa shape index (κ2) is 24.0. The summed E-state index contributed by atoms with van der Waals surface area (Å²) in [6.45, 7) is 19.8. The predicted octanol–water partition coefficient (Wildman–Crippen LogP) is 7.72. The fraction of sp³-hybridized carbons (Fsp3) is 0.727. The molecule has 0 aliphatic carbocycles. The topological polar surface area (TPSA) is 83.6 Å². The molecule has 3 atom stereocenters. The maximum Gasteiger partial charge on any atom is 0.416 e. The molecule has 15 heteroatoms. The average molecular weight is 858 g/mol. The maximum absolute atomic E-state index is 13.7. The normalized spacial score (nSPS) is 17.2. The summed E-state index contributed by atoms with van der Waals surface area (Å²) in [5.41, 5.74) is 1.45. The van der Waals surface area contributed by atoms with Crippen LogP contribution in [0.15, 0.2) is 46.2 Å². The summed E-state index contributed by atoms with van der Waals surface area (Å²) >= 11 is 1.54. The van der Waals surface area contributed by atoms with Gasteiger partial charge in [0.25, 0.3) is 0 Å². The summed E-state index contributed by atoms with van der Waals surface area (Å²) in [6, 6.07) is 10.3. The second-order valence-electron chi connectivity index (χ2n) is 16.7. The minimum Gasteiger partial charge on any atom is -0.382 e. The van der Waals surface area contributed by atoms with Gasteiger partial charge in [0.15, 0.2) is 0 Å². The smallest absolute Gasteiger partial charge is 0.382 e. The lowest BCUT2D eigenvalue weighted by Crippen LogP contribution is -2.48. The van der Waals surface area contributed by atoms with Gasteiger partial charge in [0.05, 0.1) is 74.4 Å². The zero-order valence-corrected chi connectivity index (χ0v) is 37.7. The summed E-state index contributed by atoms with van der Waals surface area (Å²) in [5.74, 6) is 0. The molecule has 0 bridgehead atoms. The Morgan fingerprint density at radius 1 is 0.627 bits per heavy atom. The number of methoxy groups -OCH3 is 4. The van der Waals surface area contributed by atoms with Gasteiger partial charge in [0.1, 0.15) is 18.3 Å². The van der Waals surface area contributed by atoms with Crippen molar-refractivity contribution in [1.29, 1.82) is 0 Å². The van der Waals surface area contributed by atoms with Crippen molar-refractivity contribution in [3.05, 3.63) is 47.5 Å². The predicted molar refractivity (Wildman–Crippen MR) is 226 cm³/mol. The summed E-state index contributed by atoms with van der Waals surface area (Å²) in [5, 5.41) is 0. The molecule has 0 radical (unpaired) electrons. The van der Waals surface area contributed by atoms with Crippen molar-refractivity contribution in [2.45, 2.75) is 99.4 Å². The molecule has 0 spiro atoms. The minimum absolute atomic E-state index is 0.131. The van der Waals surface area contributed by atoms with Crippen molar-refractivity contribution in [1.82, 2.24) is 9.80 Å². The standard InChI is InChI=1S/C44H70F3N3O8S/c1-33-11-13-38-41(25-33)59-40-14-12-34(44(45,46)47)26-39(40)50(38)18-10-17-48-20-22-49(23-21-48)19-15-42(2,3)57-24-16-43(4,5)58-32-37(54-9)31-56-30-36(53-8)29-55-28-35(52-7)27-51-6/h11-14,25-26,35-37H,10,15-24,27-32H2,1-9H3. The van der Waals surface area contributed by atoms with E-state index in [0.717, 1.165) is 79.6 Å². The van der Waals surface area contributed by atoms with E-state index in [1.807, 2.05) is 19.1 Å². The Morgan fingerprint density at radius 2 is 1.20 bits per heavy atom. The molecule has 2 aromatic rings. The van der Waals surface area contributed by atoms with Crippen LogP contribution >= 0.6 is 11.8 Å². The van der Waals surface area contributed by atoms with Gasteiger partial charge < -0.3 is 52.6 Å². The number of ether oxygens (including phenoxy) is 8. The van der Waals surface area contributed by atoms with Crippen LogP contribution in [0.2, 0.25) is 0 Å². The molecule has 0 amide bonds. The zero-order valence-electron chi connectivity index (χ0n) is 36.9. The number of halogens is 3. The van der Waals surface area contributed by atoms with Crippen LogP contribution < -0.4 is 4.90 Å². The van der Waals surface area contributed by atoms with Crippen LogP contribution in [0.1, 0.15) is 58.1 Å². The first kappa shape index (κ1) is 49.6. The van der Waals surface area contributed by atoms with Crippen LogP contribution in [0.25, 0.3) is 0 Å². The highest BCUT2D eigenvalue weighted by atomic mass is 32.2. The van der Waals surface area contributed by atoms with E-state index in [-0.39, 0.29) is 23.9 Å². The Hall–Kier alpha value is -2.02. The number of benzene rings is 2. The first-order valence-corrected chi connectivity index (χ1v) is 21.6. The zero-order chi connectivity index (χ0) is 43.1. The van der Waals surface area contributed by atoms with E-state index >= 15 is 0 Å². The molecule has 11 nitrogen and oxygen atoms in total. The van der Waals surface area contributed by atoms with Gasteiger partial charge in [-0.25, -0.2) is 0 Å². The van der Waals surface area contributed by atoms with Crippen molar-refractivity contribution in [3.8, 4) is 0 Å². The van der Waals surface area contributed by atoms with Gasteiger partial charge in [-0.3, -0.25) is 0 Å². The van der Waals surface area contributed by atoms with Crippen LogP contribution in [0, 0.1) is 6.92 Å². The number of aryl methyl sites for hydroxylation is 1. The summed E-state index contributed by atoms with van der Waals surface area (Å²) in [4.78, 5) is 8.99. The lowest BCUT2D eigenvalue weighted by Gasteiger charge is -2.37. The highest BCUT2D eigenvalue weighted by Crippen LogP contribution is 2.50. The van der Waals surface area contributed by atoms with Gasteiger partial charge in [-0.1, -0.05) is 17.8 Å². The molecule has 0 N–H and O–H groups in total. The van der Waals surface area contributed by atoms with Crippen molar-refractivity contribution < 1.29 is 51.1 Å². The molecule has 2 aliphatic heterocycles. The molecule has 4 rings (SSSR count). The molecule has 2 heterocycles. The largest absolute Gasteiger partial charge is 0.416 e. The number of hydrogen-bond acceptors (Lipinski definition) is 12. The second-order valence-corrected chi connectivity index (χ2v) is 17.8. The van der Waals surface area contributed by atoms with Crippen LogP contribution in [-0.2, 0) is 44.1 Å². The van der Waals surface area contributed by atoms with Crippen LogP contribution in [0.5, 0.6) is 0 Å². The molecule has 2 aliphatic rings. The van der Waals surface area contributed by atoms with Gasteiger partial charge >= 0.3 is 6.18 Å². The van der Waals surface area contributed by atoms with Gasteiger partial charge in [-0.2, -0.15) is 13.2 Å². The van der Waals surface area contributed by atoms with E-state index in [9.17, 15) is 13.2 Å². The third kappa shape index (κ3) is 16.6. The quantitative estimate of drug-likeness (QED) is 0.0883. The Labute approximate surface area is 355 Å². The number of fused-ring (bicyclic) bond motifs is 2. The Bertz CT molecular complexity index is 1530. The fourth-order valence-electron chi connectivity index (χ4n) is 6.96. The number of nitrogens with zero attached hydrogens (tertiary/aromatic N) is 3. The Balaban J connectivity index is 1.11. The van der Waals surface area contributed by atoms with Gasteiger partial charge in [-0.15, -0.1) is 0 Å². The first-order chi connectivity index (χ1) is 28.1. The van der Waals surface area contributed by atoms with Crippen molar-refractivity contribution in [3.63, 3.8) is 0 Å². The third-order valence-corrected chi connectivity index (χ3v) is 12.1. The summed E-state index contributed by atoms with van der Waals surface area (Å²) in [6.07, 6.45) is -2.46. The van der Waals surface area contributed by atoms with Crippen molar-refractivity contribution in [2.24, 2.45) is 0 Å². The molecule has 1 saturated heterocycles. The minimum atomic E-state index is -4.38. The van der Waals surface area contributed by atoms with Gasteiger partial charge in [0, 0.05) is 77.5 Å². The Kier molecular flexibility index (Phi) is 20.2. The monoisotopic (exact) mass is 857 g/mol. The lowest BCUT2D eigenvalue weighted by atomic mass is 10.0. The van der Waals surface area contributed by atoms with E-state index in [4.69, 9.17) is 37.9 Å². The molecule has 0 aromatic heterocycles. The molecule has 2 aromatic carbocycles. The number of rotatable bonds is 27. The number of anilines is 2. The molecule has 3 unspecified atom stereocenters. The summed E-state index contributed by atoms with van der Waals surface area (Å²) in [7, 11) is 6.55. The fourth-order valence-corrected chi connectivity index (χ4v) is 8.13. The highest BCUT2D eigenvalue weighted by molar-refractivity contribution is 7.99. The van der Waals surface area contributed by atoms with E-state index < -0.39 is 17.3 Å². The highest BCUT2D eigenvalue weighted by Gasteiger charge is 2.34. The van der Waals surface area contributed by atoms with Crippen LogP contribution in [-0.4, -0.2) is 160 Å². The molecule has 336 valence electrons. The maximum atomic E-state index is 13.7. The SMILES string of the molecule is COCC(COCC(COCC(COC(C)(C)CCOC(C)(C)CCN1CCN(CCCN2c3ccc(C)cc3Sc3ccc(C(F)(F)F)cc32)CC1)OC)OC)OC. The van der Waals surface area contributed by atoms with Crippen molar-refractivity contribution >= 4 is 23.1 Å². The average Bonchev–Trinajstić information content (AvgIpc) is 3.19. The lowest BCUT2D eigenvalue weighted by molar-refractivity contribution is -0.137. The van der Waals surface area contributed by atoms with Crippen LogP contribution in [0.3, 0.4) is 0 Å². The molecular weight excluding hydrogens is 788 g/mol. The number of alkyl halides is 3. The van der Waals surface area contributed by atoms with E-state index in [1.54, 1.807) is 46.3 Å². The molecule has 1 fully saturated rings. The van der Waals surface area contributed by atoms with E-state index in [0.29, 0.717) is 58.5 Å². The molecular formula is C44H70F3N3O8S. The van der Waals surface area contributed by atoms with Gasteiger partial charge in [-0.05, 0) is 96.3 Å². The number of piperazine rings is 1. The van der Waals surface area contributed by atoms with Crippen LogP contribution in [0.4, 0.5) is 24.5 Å². The van der Waals surface area contributed by atoms with E-state index in [1.165, 1.54) is 12.1 Å². The number of hydrogen-bond donors (Lipinski definition) is 0. The third-order valence-electron chi connectivity index (χ3n) is 11.0. The van der Waals surface area contributed by atoms with E-state index in [2.05, 4.69) is 48.5 Å². The van der Waals surface area contributed by atoms with Crippen molar-refractivity contribution in [2.75, 3.05) is 125 Å². The molecule has 59 heavy (non-hydrogen) atoms. The first-order valence-electron chi connectivity index (χ1n) is 20.8. The van der Waals surface area contributed by atoms with Gasteiger partial charge in [0.2, 0.25) is 0 Å².